The molecular formula is C15H19N4O2+. The van der Waals surface area contributed by atoms with Crippen molar-refractivity contribution in [2.75, 3.05) is 6.61 Å². The molecule has 21 heavy (non-hydrogen) atoms. The van der Waals surface area contributed by atoms with Gasteiger partial charge < -0.3 is 9.47 Å². The summed E-state index contributed by atoms with van der Waals surface area (Å²) >= 11 is 0. The van der Waals surface area contributed by atoms with Crippen molar-refractivity contribution < 1.29 is 14.5 Å². The highest BCUT2D eigenvalue weighted by Gasteiger charge is 3.03. The van der Waals surface area contributed by atoms with Gasteiger partial charge in [0.25, 0.3) is 5.84 Å². The summed E-state index contributed by atoms with van der Waals surface area (Å²) < 4.78 is 11.9. The van der Waals surface area contributed by atoms with Gasteiger partial charge in [-0.25, -0.2) is 4.99 Å². The maximum Gasteiger partial charge on any atom is 0.343 e. The van der Waals surface area contributed by atoms with Gasteiger partial charge in [-0.2, -0.15) is 10.5 Å². The first-order chi connectivity index (χ1) is 10.1. The molecule has 3 fully saturated rings. The smallest absolute Gasteiger partial charge is 0.311 e. The quantitative estimate of drug-likeness (QED) is 0.625. The van der Waals surface area contributed by atoms with Gasteiger partial charge in [0.05, 0.1) is 24.8 Å². The number of nitriles is 2. The van der Waals surface area contributed by atoms with Gasteiger partial charge in [-0.15, -0.1) is 0 Å². The predicted octanol–water partition coefficient (Wildman–Crippen LogP) is -0.489. The van der Waals surface area contributed by atoms with E-state index in [2.05, 4.69) is 17.1 Å². The highest BCUT2D eigenvalue weighted by atomic mass is 16.8. The van der Waals surface area contributed by atoms with Crippen molar-refractivity contribution in [2.24, 2.45) is 22.0 Å². The molecule has 0 aromatic carbocycles. The fraction of sp³-hybridized carbons (Fsp3) is 0.800. The third-order valence-corrected chi connectivity index (χ3v) is 6.06. The van der Waals surface area contributed by atoms with E-state index >= 15 is 0 Å². The normalized spacial score (nSPS) is 49.5. The number of hydrogen-bond acceptors (Lipinski definition) is 5. The number of nitrogens with zero attached hydrogens (tertiary/aromatic N) is 2. The molecule has 6 nitrogen and oxygen atoms in total. The fourth-order valence-electron chi connectivity index (χ4n) is 5.35. The molecule has 0 unspecified atom stereocenters. The first-order valence-corrected chi connectivity index (χ1v) is 7.61. The number of rotatable bonds is 0. The Kier molecular flexibility index (Phi) is 2.22. The van der Waals surface area contributed by atoms with Crippen molar-refractivity contribution in [2.45, 2.75) is 51.0 Å². The standard InChI is InChI=1S/C15H18N4O2/c1-10-7-20-15(21-10)14(9-17)12(5-3-2-4-6-12)13(14,8-16)11(18)19-15/h10H,2-7H2,1H3,(H2,18,19)/p+1/t10-,13-,14+,15-/m0/s1. The van der Waals surface area contributed by atoms with Crippen LogP contribution < -0.4 is 10.7 Å². The number of fused-ring (bicyclic) bond motifs is 4. The van der Waals surface area contributed by atoms with E-state index in [-0.39, 0.29) is 6.10 Å². The lowest BCUT2D eigenvalue weighted by molar-refractivity contribution is -0.680. The van der Waals surface area contributed by atoms with Crippen molar-refractivity contribution in [1.29, 1.82) is 10.5 Å². The topological polar surface area (TPSA) is 106 Å². The summed E-state index contributed by atoms with van der Waals surface area (Å²) in [5.74, 6) is -0.902. The Morgan fingerprint density at radius 3 is 2.48 bits per heavy atom. The van der Waals surface area contributed by atoms with E-state index in [1.54, 1.807) is 0 Å². The molecule has 4 rings (SSSR count). The largest absolute Gasteiger partial charge is 0.343 e. The lowest BCUT2D eigenvalue weighted by Gasteiger charge is -2.31. The second kappa shape index (κ2) is 3.58. The van der Waals surface area contributed by atoms with Crippen LogP contribution in [-0.4, -0.2) is 24.5 Å². The molecule has 4 atom stereocenters. The van der Waals surface area contributed by atoms with E-state index in [4.69, 9.17) is 15.2 Å². The minimum Gasteiger partial charge on any atom is -0.311 e. The molecule has 6 heteroatoms. The van der Waals surface area contributed by atoms with Crippen LogP contribution in [0.5, 0.6) is 0 Å². The van der Waals surface area contributed by atoms with Gasteiger partial charge in [0.1, 0.15) is 0 Å². The Labute approximate surface area is 123 Å². The second-order valence-electron chi connectivity index (χ2n) is 6.76. The van der Waals surface area contributed by atoms with Crippen molar-refractivity contribution in [3.63, 3.8) is 0 Å². The molecule has 3 N–H and O–H groups in total. The van der Waals surface area contributed by atoms with Crippen LogP contribution in [0, 0.1) is 38.9 Å². The van der Waals surface area contributed by atoms with E-state index < -0.39 is 22.2 Å². The molecule has 0 bridgehead atoms. The van der Waals surface area contributed by atoms with Crippen LogP contribution >= 0.6 is 0 Å². The zero-order chi connectivity index (χ0) is 14.9. The van der Waals surface area contributed by atoms with Gasteiger partial charge in [0, 0.05) is 5.41 Å². The predicted molar refractivity (Wildman–Crippen MR) is 71.0 cm³/mol. The highest BCUT2D eigenvalue weighted by molar-refractivity contribution is 5.95. The van der Waals surface area contributed by atoms with Crippen molar-refractivity contribution in [3.8, 4) is 12.1 Å². The van der Waals surface area contributed by atoms with E-state index in [0.717, 1.165) is 32.1 Å². The minimum atomic E-state index is -1.25. The van der Waals surface area contributed by atoms with Crippen LogP contribution in [0.3, 0.4) is 0 Å². The molecule has 0 amide bonds. The molecule has 0 aromatic heterocycles. The van der Waals surface area contributed by atoms with Crippen molar-refractivity contribution in [1.82, 2.24) is 0 Å². The molecule has 2 spiro atoms. The zero-order valence-electron chi connectivity index (χ0n) is 12.1. The number of hydrogen-bond donors (Lipinski definition) is 2. The SMILES string of the molecule is C[C@H]1CO[C@]2([NH+]=C(N)[C@@]3(C#N)C4(CCCCC4)[C@@]23C#N)O1. The monoisotopic (exact) mass is 287 g/mol. The fourth-order valence-corrected chi connectivity index (χ4v) is 5.35. The van der Waals surface area contributed by atoms with Crippen LogP contribution in [0.2, 0.25) is 0 Å². The first kappa shape index (κ1) is 13.1. The number of amidine groups is 1. The highest BCUT2D eigenvalue weighted by Crippen LogP contribution is 2.86. The van der Waals surface area contributed by atoms with Crippen molar-refractivity contribution >= 4 is 5.84 Å². The summed E-state index contributed by atoms with van der Waals surface area (Å²) in [5.41, 5.74) is 3.76. The molecule has 2 aliphatic carbocycles. The third kappa shape index (κ3) is 0.994. The van der Waals surface area contributed by atoms with E-state index in [1.165, 1.54) is 0 Å². The molecular weight excluding hydrogens is 268 g/mol. The lowest BCUT2D eigenvalue weighted by atomic mass is 9.76. The average molecular weight is 287 g/mol. The van der Waals surface area contributed by atoms with Gasteiger partial charge in [-0.05, 0) is 19.8 Å². The summed E-state index contributed by atoms with van der Waals surface area (Å²) in [5, 5.41) is 19.9. The van der Waals surface area contributed by atoms with Gasteiger partial charge in [-0.3, -0.25) is 5.73 Å². The molecule has 2 saturated carbocycles. The first-order valence-electron chi connectivity index (χ1n) is 7.61. The van der Waals surface area contributed by atoms with Gasteiger partial charge in [0.15, 0.2) is 10.8 Å². The van der Waals surface area contributed by atoms with E-state index in [9.17, 15) is 10.5 Å². The maximum atomic E-state index is 10.0. The van der Waals surface area contributed by atoms with Gasteiger partial charge in [0.2, 0.25) is 0 Å². The van der Waals surface area contributed by atoms with Crippen LogP contribution in [0.1, 0.15) is 39.0 Å². The summed E-state index contributed by atoms with van der Waals surface area (Å²) in [6.45, 7) is 2.31. The molecule has 0 radical (unpaired) electrons. The lowest BCUT2D eigenvalue weighted by Crippen LogP contribution is -2.90. The van der Waals surface area contributed by atoms with Crippen LogP contribution in [0.15, 0.2) is 0 Å². The number of nitrogens with one attached hydrogen (secondary N) is 1. The molecule has 1 saturated heterocycles. The zero-order valence-corrected chi connectivity index (χ0v) is 12.1. The Morgan fingerprint density at radius 2 is 1.95 bits per heavy atom. The number of nitrogens with two attached hydrogens (primary N) is 1. The molecule has 2 aliphatic heterocycles. The molecule has 110 valence electrons. The Bertz CT molecular complexity index is 627. The van der Waals surface area contributed by atoms with Crippen LogP contribution in [0.4, 0.5) is 0 Å². The molecule has 2 heterocycles. The summed E-state index contributed by atoms with van der Waals surface area (Å²) in [4.78, 5) is 3.02. The maximum absolute atomic E-state index is 10.0. The Hall–Kier alpha value is -1.63. The third-order valence-electron chi connectivity index (χ3n) is 6.06. The van der Waals surface area contributed by atoms with E-state index in [1.807, 2.05) is 6.92 Å². The van der Waals surface area contributed by atoms with Crippen molar-refractivity contribution in [3.05, 3.63) is 0 Å². The average Bonchev–Trinajstić information content (AvgIpc) is 2.68. The van der Waals surface area contributed by atoms with Gasteiger partial charge >= 0.3 is 5.91 Å². The minimum absolute atomic E-state index is 0.119. The summed E-state index contributed by atoms with van der Waals surface area (Å²) in [7, 11) is 0. The molecule has 0 aromatic rings. The second-order valence-corrected chi connectivity index (χ2v) is 6.76. The Morgan fingerprint density at radius 1 is 1.24 bits per heavy atom. The molecule has 4 aliphatic rings. The summed E-state index contributed by atoms with van der Waals surface area (Å²) in [6, 6.07) is 4.79. The van der Waals surface area contributed by atoms with Crippen LogP contribution in [-0.2, 0) is 9.47 Å². The van der Waals surface area contributed by atoms with Gasteiger partial charge in [-0.1, -0.05) is 19.3 Å². The summed E-state index contributed by atoms with van der Waals surface area (Å²) in [6.07, 6.45) is 4.73. The van der Waals surface area contributed by atoms with E-state index in [0.29, 0.717) is 12.4 Å². The Balaban J connectivity index is 1.93. The number of ether oxygens (including phenoxy) is 2. The van der Waals surface area contributed by atoms with Crippen LogP contribution in [0.25, 0.3) is 0 Å².